The fourth-order valence-corrected chi connectivity index (χ4v) is 5.23. The highest BCUT2D eigenvalue weighted by atomic mass is 35.5. The summed E-state index contributed by atoms with van der Waals surface area (Å²) in [5, 5.41) is 3.87. The van der Waals surface area contributed by atoms with E-state index in [1.807, 2.05) is 24.3 Å². The Kier molecular flexibility index (Phi) is 4.97. The summed E-state index contributed by atoms with van der Waals surface area (Å²) < 4.78 is 1.99. The summed E-state index contributed by atoms with van der Waals surface area (Å²) in [7, 11) is 0. The maximum atomic E-state index is 12.4. The van der Waals surface area contributed by atoms with Crippen molar-refractivity contribution in [2.45, 2.75) is 29.6 Å². The van der Waals surface area contributed by atoms with E-state index < -0.39 is 0 Å². The molecule has 4 rings (SSSR count). The minimum atomic E-state index is 0.0593. The number of nitrogens with zero attached hydrogens (tertiary/aromatic N) is 1. The SMILES string of the molecule is O=C(CSc1nc2cc(Cl)ccc2s1)N[C@H]1CCCc2ccccc21. The molecule has 6 heteroatoms. The number of carbonyl (C=O) groups is 1. The first-order valence-corrected chi connectivity index (χ1v) is 10.4. The lowest BCUT2D eigenvalue weighted by molar-refractivity contribution is -0.119. The first-order chi connectivity index (χ1) is 12.2. The van der Waals surface area contributed by atoms with Crippen LogP contribution in [0.3, 0.4) is 0 Å². The zero-order chi connectivity index (χ0) is 17.2. The van der Waals surface area contributed by atoms with Crippen molar-refractivity contribution in [3.8, 4) is 0 Å². The van der Waals surface area contributed by atoms with Crippen LogP contribution in [0.4, 0.5) is 0 Å². The summed E-state index contributed by atoms with van der Waals surface area (Å²) in [6.45, 7) is 0. The van der Waals surface area contributed by atoms with E-state index in [0.29, 0.717) is 10.8 Å². The minimum Gasteiger partial charge on any atom is -0.349 e. The molecular formula is C19H17ClN2OS2. The number of nitrogens with one attached hydrogen (secondary N) is 1. The summed E-state index contributed by atoms with van der Waals surface area (Å²) in [5.74, 6) is 0.440. The molecule has 3 aromatic rings. The lowest BCUT2D eigenvalue weighted by Gasteiger charge is -2.26. The lowest BCUT2D eigenvalue weighted by Crippen LogP contribution is -2.32. The van der Waals surface area contributed by atoms with Crippen LogP contribution in [-0.2, 0) is 11.2 Å². The standard InChI is InChI=1S/C19H17ClN2OS2/c20-13-8-9-17-16(10-13)22-19(25-17)24-11-18(23)21-15-7-3-5-12-4-1-2-6-14(12)15/h1-2,4,6,8-10,15H,3,5,7,11H2,(H,21,23)/t15-/m0/s1. The Morgan fingerprint density at radius 3 is 3.12 bits per heavy atom. The molecule has 0 bridgehead atoms. The van der Waals surface area contributed by atoms with Gasteiger partial charge in [-0.1, -0.05) is 47.6 Å². The second-order valence-electron chi connectivity index (χ2n) is 6.09. The zero-order valence-electron chi connectivity index (χ0n) is 13.5. The van der Waals surface area contributed by atoms with Crippen LogP contribution in [0.25, 0.3) is 10.2 Å². The Balaban J connectivity index is 1.39. The molecule has 2 aromatic carbocycles. The summed E-state index contributed by atoms with van der Waals surface area (Å²) >= 11 is 9.08. The average Bonchev–Trinajstić information content (AvgIpc) is 3.02. The number of amides is 1. The van der Waals surface area contributed by atoms with Gasteiger partial charge < -0.3 is 5.32 Å². The molecule has 1 aliphatic carbocycles. The Bertz CT molecular complexity index is 925. The average molecular weight is 389 g/mol. The van der Waals surface area contributed by atoms with Gasteiger partial charge >= 0.3 is 0 Å². The normalized spacial score (nSPS) is 16.6. The molecule has 128 valence electrons. The fraction of sp³-hybridized carbons (Fsp3) is 0.263. The molecule has 1 N–H and O–H groups in total. The van der Waals surface area contributed by atoms with Crippen LogP contribution >= 0.6 is 34.7 Å². The third-order valence-electron chi connectivity index (χ3n) is 4.36. The monoisotopic (exact) mass is 388 g/mol. The first-order valence-electron chi connectivity index (χ1n) is 8.25. The van der Waals surface area contributed by atoms with Gasteiger partial charge in [-0.05, 0) is 48.6 Å². The maximum Gasteiger partial charge on any atom is 0.230 e. The van der Waals surface area contributed by atoms with Crippen LogP contribution < -0.4 is 5.32 Å². The number of rotatable bonds is 4. The van der Waals surface area contributed by atoms with Gasteiger partial charge in [0.05, 0.1) is 22.0 Å². The van der Waals surface area contributed by atoms with E-state index in [1.54, 1.807) is 11.3 Å². The fourth-order valence-electron chi connectivity index (χ4n) is 3.21. The largest absolute Gasteiger partial charge is 0.349 e. The van der Waals surface area contributed by atoms with Gasteiger partial charge in [0.1, 0.15) is 0 Å². The van der Waals surface area contributed by atoms with Crippen molar-refractivity contribution in [1.82, 2.24) is 10.3 Å². The van der Waals surface area contributed by atoms with Gasteiger partial charge in [-0.25, -0.2) is 4.98 Å². The molecule has 3 nitrogen and oxygen atoms in total. The summed E-state index contributed by atoms with van der Waals surface area (Å²) in [4.78, 5) is 16.9. The van der Waals surface area contributed by atoms with Crippen molar-refractivity contribution in [3.05, 3.63) is 58.6 Å². The predicted octanol–water partition coefficient (Wildman–Crippen LogP) is 5.24. The van der Waals surface area contributed by atoms with E-state index in [4.69, 9.17) is 11.6 Å². The molecule has 1 amide bonds. The highest BCUT2D eigenvalue weighted by molar-refractivity contribution is 8.01. The van der Waals surface area contributed by atoms with E-state index in [2.05, 4.69) is 28.5 Å². The van der Waals surface area contributed by atoms with Crippen molar-refractivity contribution in [3.63, 3.8) is 0 Å². The van der Waals surface area contributed by atoms with Crippen molar-refractivity contribution >= 4 is 50.8 Å². The number of benzene rings is 2. The van der Waals surface area contributed by atoms with Crippen LogP contribution in [0.2, 0.25) is 5.02 Å². The quantitative estimate of drug-likeness (QED) is 0.622. The highest BCUT2D eigenvalue weighted by Gasteiger charge is 2.21. The molecular weight excluding hydrogens is 372 g/mol. The first kappa shape index (κ1) is 16.9. The van der Waals surface area contributed by atoms with E-state index in [1.165, 1.54) is 22.9 Å². The molecule has 1 heterocycles. The topological polar surface area (TPSA) is 42.0 Å². The minimum absolute atomic E-state index is 0.0593. The number of thiazole rings is 1. The van der Waals surface area contributed by atoms with Gasteiger partial charge in [0, 0.05) is 5.02 Å². The molecule has 1 atom stereocenters. The van der Waals surface area contributed by atoms with Crippen LogP contribution in [-0.4, -0.2) is 16.6 Å². The number of hydrogen-bond donors (Lipinski definition) is 1. The van der Waals surface area contributed by atoms with E-state index in [-0.39, 0.29) is 11.9 Å². The van der Waals surface area contributed by atoms with Crippen molar-refractivity contribution in [1.29, 1.82) is 0 Å². The smallest absolute Gasteiger partial charge is 0.230 e. The maximum absolute atomic E-state index is 12.4. The Morgan fingerprint density at radius 1 is 1.32 bits per heavy atom. The van der Waals surface area contributed by atoms with Gasteiger partial charge in [0.2, 0.25) is 5.91 Å². The van der Waals surface area contributed by atoms with Gasteiger partial charge in [-0.3, -0.25) is 4.79 Å². The molecule has 0 saturated heterocycles. The molecule has 1 aliphatic rings. The number of halogens is 1. The second kappa shape index (κ2) is 7.36. The van der Waals surface area contributed by atoms with E-state index in [0.717, 1.165) is 33.8 Å². The third-order valence-corrected chi connectivity index (χ3v) is 6.78. The van der Waals surface area contributed by atoms with Gasteiger partial charge in [-0.2, -0.15) is 0 Å². The number of aryl methyl sites for hydroxylation is 1. The third kappa shape index (κ3) is 3.84. The molecule has 0 spiro atoms. The molecule has 0 saturated carbocycles. The highest BCUT2D eigenvalue weighted by Crippen LogP contribution is 2.32. The zero-order valence-corrected chi connectivity index (χ0v) is 15.9. The second-order valence-corrected chi connectivity index (χ2v) is 8.78. The molecule has 1 aromatic heterocycles. The predicted molar refractivity (Wildman–Crippen MR) is 106 cm³/mol. The number of fused-ring (bicyclic) bond motifs is 2. The molecule has 0 radical (unpaired) electrons. The van der Waals surface area contributed by atoms with E-state index >= 15 is 0 Å². The van der Waals surface area contributed by atoms with Gasteiger partial charge in [0.15, 0.2) is 4.34 Å². The van der Waals surface area contributed by atoms with Gasteiger partial charge in [-0.15, -0.1) is 11.3 Å². The number of carbonyl (C=O) groups excluding carboxylic acids is 1. The molecule has 0 aliphatic heterocycles. The Labute approximate surface area is 159 Å². The molecule has 25 heavy (non-hydrogen) atoms. The van der Waals surface area contributed by atoms with Crippen LogP contribution in [0.5, 0.6) is 0 Å². The Hall–Kier alpha value is -1.56. The summed E-state index contributed by atoms with van der Waals surface area (Å²) in [6.07, 6.45) is 3.23. The molecule has 0 unspecified atom stereocenters. The Morgan fingerprint density at radius 2 is 2.20 bits per heavy atom. The van der Waals surface area contributed by atoms with Crippen molar-refractivity contribution < 1.29 is 4.79 Å². The van der Waals surface area contributed by atoms with Crippen LogP contribution in [0, 0.1) is 0 Å². The number of thioether (sulfide) groups is 1. The summed E-state index contributed by atoms with van der Waals surface area (Å²) in [6, 6.07) is 14.2. The number of hydrogen-bond acceptors (Lipinski definition) is 4. The number of aromatic nitrogens is 1. The summed E-state index contributed by atoms with van der Waals surface area (Å²) in [5.41, 5.74) is 3.51. The molecule has 0 fully saturated rings. The lowest BCUT2D eigenvalue weighted by atomic mass is 9.88. The van der Waals surface area contributed by atoms with E-state index in [9.17, 15) is 4.79 Å². The van der Waals surface area contributed by atoms with Gasteiger partial charge in [0.25, 0.3) is 0 Å². The van der Waals surface area contributed by atoms with Crippen molar-refractivity contribution in [2.75, 3.05) is 5.75 Å². The van der Waals surface area contributed by atoms with Crippen LogP contribution in [0.15, 0.2) is 46.8 Å². The van der Waals surface area contributed by atoms with Crippen molar-refractivity contribution in [2.24, 2.45) is 0 Å². The van der Waals surface area contributed by atoms with Crippen LogP contribution in [0.1, 0.15) is 30.0 Å².